The molecule has 0 aliphatic carbocycles. The minimum atomic E-state index is -4.51. The maximum Gasteiger partial charge on any atom is 0.417 e. The minimum Gasteiger partial charge on any atom is -0.383 e. The normalized spacial score (nSPS) is 12.5. The summed E-state index contributed by atoms with van der Waals surface area (Å²) in [7, 11) is 1.50. The van der Waals surface area contributed by atoms with E-state index in [1.807, 2.05) is 13.0 Å². The van der Waals surface area contributed by atoms with Crippen molar-refractivity contribution in [3.63, 3.8) is 0 Å². The third-order valence-corrected chi connectivity index (χ3v) is 5.77. The lowest BCUT2D eigenvalue weighted by Crippen LogP contribution is -2.37. The second-order valence-corrected chi connectivity index (χ2v) is 8.29. The fourth-order valence-corrected chi connectivity index (χ4v) is 3.85. The number of rotatable bonds is 7. The summed E-state index contributed by atoms with van der Waals surface area (Å²) in [5, 5.41) is 0.737. The zero-order chi connectivity index (χ0) is 25.9. The Labute approximate surface area is 205 Å². The molecule has 1 unspecified atom stereocenters. The number of anilines is 1. The number of methoxy groups -OCH3 is 1. The number of pyridine rings is 3. The molecule has 0 saturated heterocycles. The summed E-state index contributed by atoms with van der Waals surface area (Å²) in [5.74, 6) is 0.0488. The molecule has 0 fully saturated rings. The highest BCUT2D eigenvalue weighted by atomic mass is 19.4. The molecule has 3 heterocycles. The van der Waals surface area contributed by atoms with Gasteiger partial charge < -0.3 is 15.4 Å². The van der Waals surface area contributed by atoms with Crippen molar-refractivity contribution in [3.05, 3.63) is 95.1 Å². The molecule has 0 aliphatic heterocycles. The second kappa shape index (κ2) is 10.3. The summed E-state index contributed by atoms with van der Waals surface area (Å²) in [6, 6.07) is 13.8. The summed E-state index contributed by atoms with van der Waals surface area (Å²) in [6.45, 7) is 1.89. The highest BCUT2D eigenvalue weighted by Gasteiger charge is 2.32. The zero-order valence-electron chi connectivity index (χ0n) is 19.7. The molecule has 7 nitrogen and oxygen atoms in total. The van der Waals surface area contributed by atoms with E-state index in [0.29, 0.717) is 28.3 Å². The molecule has 0 radical (unpaired) electrons. The number of nitrogen functional groups attached to an aromatic ring is 1. The monoisotopic (exact) mass is 495 g/mol. The van der Waals surface area contributed by atoms with E-state index in [1.165, 1.54) is 18.1 Å². The molecule has 0 aliphatic rings. The van der Waals surface area contributed by atoms with Gasteiger partial charge in [-0.3, -0.25) is 14.8 Å². The second-order valence-electron chi connectivity index (χ2n) is 8.29. The molecule has 36 heavy (non-hydrogen) atoms. The number of hydrogen-bond donors (Lipinski definition) is 1. The average molecular weight is 496 g/mol. The minimum absolute atomic E-state index is 0.0569. The summed E-state index contributed by atoms with van der Waals surface area (Å²) >= 11 is 0. The number of carbonyl (C=O) groups is 1. The molecule has 1 amide bonds. The number of benzene rings is 1. The van der Waals surface area contributed by atoms with Crippen LogP contribution in [0.3, 0.4) is 0 Å². The Bertz CT molecular complexity index is 1360. The largest absolute Gasteiger partial charge is 0.417 e. The van der Waals surface area contributed by atoms with Crippen LogP contribution < -0.4 is 5.73 Å². The Hall–Kier alpha value is -4.05. The summed E-state index contributed by atoms with van der Waals surface area (Å²) in [5.41, 5.74) is 7.71. The van der Waals surface area contributed by atoms with Gasteiger partial charge in [0.05, 0.1) is 41.7 Å². The van der Waals surface area contributed by atoms with Gasteiger partial charge in [-0.25, -0.2) is 4.98 Å². The van der Waals surface area contributed by atoms with E-state index in [-0.39, 0.29) is 19.1 Å². The van der Waals surface area contributed by atoms with Gasteiger partial charge in [0.2, 0.25) is 0 Å². The van der Waals surface area contributed by atoms with Crippen molar-refractivity contribution in [2.24, 2.45) is 0 Å². The van der Waals surface area contributed by atoms with Crippen LogP contribution in [0.4, 0.5) is 19.0 Å². The van der Waals surface area contributed by atoms with Crippen molar-refractivity contribution in [1.29, 1.82) is 0 Å². The number of ether oxygens (including phenoxy) is 1. The van der Waals surface area contributed by atoms with E-state index in [0.717, 1.165) is 23.2 Å². The molecule has 1 aromatic carbocycles. The van der Waals surface area contributed by atoms with E-state index in [9.17, 15) is 18.0 Å². The van der Waals surface area contributed by atoms with Crippen LogP contribution >= 0.6 is 0 Å². The van der Waals surface area contributed by atoms with Gasteiger partial charge in [0, 0.05) is 30.5 Å². The molecule has 1 atom stereocenters. The third kappa shape index (κ3) is 5.44. The van der Waals surface area contributed by atoms with Crippen LogP contribution in [0.25, 0.3) is 10.9 Å². The van der Waals surface area contributed by atoms with E-state index < -0.39 is 17.8 Å². The average Bonchev–Trinajstić information content (AvgIpc) is 2.86. The Morgan fingerprint density at radius 2 is 1.92 bits per heavy atom. The number of halogens is 3. The van der Waals surface area contributed by atoms with Crippen LogP contribution in [0, 0.1) is 6.92 Å². The van der Waals surface area contributed by atoms with Gasteiger partial charge in [-0.15, -0.1) is 0 Å². The number of hydrogen-bond acceptors (Lipinski definition) is 6. The van der Waals surface area contributed by atoms with Gasteiger partial charge in [-0.2, -0.15) is 13.2 Å². The molecular weight excluding hydrogens is 471 g/mol. The van der Waals surface area contributed by atoms with Crippen molar-refractivity contribution < 1.29 is 22.7 Å². The number of alkyl halides is 3. The Kier molecular flexibility index (Phi) is 7.16. The first-order valence-electron chi connectivity index (χ1n) is 11.1. The van der Waals surface area contributed by atoms with E-state index in [2.05, 4.69) is 15.0 Å². The van der Waals surface area contributed by atoms with Crippen molar-refractivity contribution in [1.82, 2.24) is 19.9 Å². The number of aromatic nitrogens is 3. The Balaban J connectivity index is 1.75. The number of fused-ring (bicyclic) bond motifs is 1. The molecule has 0 bridgehead atoms. The first kappa shape index (κ1) is 25.1. The third-order valence-electron chi connectivity index (χ3n) is 5.77. The molecule has 0 spiro atoms. The summed E-state index contributed by atoms with van der Waals surface area (Å²) in [6.07, 6.45) is -2.14. The number of aryl methyl sites for hydroxylation is 1. The first-order chi connectivity index (χ1) is 17.2. The predicted molar refractivity (Wildman–Crippen MR) is 129 cm³/mol. The number of nitrogens with zero attached hydrogens (tertiary/aromatic N) is 4. The Morgan fingerprint density at radius 3 is 2.56 bits per heavy atom. The van der Waals surface area contributed by atoms with Gasteiger partial charge in [0.1, 0.15) is 5.82 Å². The zero-order valence-corrected chi connectivity index (χ0v) is 19.7. The highest BCUT2D eigenvalue weighted by molar-refractivity contribution is 5.98. The van der Waals surface area contributed by atoms with Gasteiger partial charge >= 0.3 is 6.18 Å². The van der Waals surface area contributed by atoms with E-state index in [1.54, 1.807) is 42.6 Å². The van der Waals surface area contributed by atoms with Crippen LogP contribution in [0.15, 0.2) is 67.0 Å². The maximum atomic E-state index is 13.9. The molecule has 3 aromatic heterocycles. The molecule has 186 valence electrons. The highest BCUT2D eigenvalue weighted by Crippen LogP contribution is 2.30. The molecule has 4 rings (SSSR count). The van der Waals surface area contributed by atoms with E-state index >= 15 is 0 Å². The van der Waals surface area contributed by atoms with Gasteiger partial charge in [-0.1, -0.05) is 6.07 Å². The van der Waals surface area contributed by atoms with Crippen molar-refractivity contribution >= 4 is 22.6 Å². The lowest BCUT2D eigenvalue weighted by molar-refractivity contribution is -0.137. The van der Waals surface area contributed by atoms with Gasteiger partial charge in [0.15, 0.2) is 0 Å². The SMILES string of the molecule is COCC(c1ccccn1)N(Cc1ccc(C(F)(F)F)cn1)C(=O)c1ccc2nc(N)c(C)cc2c1. The van der Waals surface area contributed by atoms with Crippen LogP contribution in [0.1, 0.15) is 38.9 Å². The summed E-state index contributed by atoms with van der Waals surface area (Å²) in [4.78, 5) is 28.1. The number of carbonyl (C=O) groups excluding carboxylic acids is 1. The summed E-state index contributed by atoms with van der Waals surface area (Å²) < 4.78 is 44.5. The lowest BCUT2D eigenvalue weighted by Gasteiger charge is -2.31. The fourth-order valence-electron chi connectivity index (χ4n) is 3.85. The molecule has 2 N–H and O–H groups in total. The van der Waals surface area contributed by atoms with Crippen LogP contribution in [-0.4, -0.2) is 39.5 Å². The lowest BCUT2D eigenvalue weighted by atomic mass is 10.1. The van der Waals surface area contributed by atoms with Crippen molar-refractivity contribution in [2.75, 3.05) is 19.5 Å². The number of nitrogens with two attached hydrogens (primary N) is 1. The Morgan fingerprint density at radius 1 is 1.11 bits per heavy atom. The van der Waals surface area contributed by atoms with Crippen LogP contribution in [-0.2, 0) is 17.5 Å². The first-order valence-corrected chi connectivity index (χ1v) is 11.1. The van der Waals surface area contributed by atoms with Crippen molar-refractivity contribution in [3.8, 4) is 0 Å². The molecule has 10 heteroatoms. The topological polar surface area (TPSA) is 94.2 Å². The van der Waals surface area contributed by atoms with Gasteiger partial charge in [0.25, 0.3) is 5.91 Å². The number of amides is 1. The van der Waals surface area contributed by atoms with Crippen LogP contribution in [0.5, 0.6) is 0 Å². The molecular formula is C26H24F3N5O2. The maximum absolute atomic E-state index is 13.9. The molecule has 4 aromatic rings. The predicted octanol–water partition coefficient (Wildman–Crippen LogP) is 4.96. The smallest absolute Gasteiger partial charge is 0.383 e. The molecule has 0 saturated carbocycles. The fraction of sp³-hybridized carbons (Fsp3) is 0.231. The quantitative estimate of drug-likeness (QED) is 0.389. The standard InChI is InChI=1S/C26H24F3N5O2/c1-16-11-18-12-17(6-9-21(18)33-24(16)30)25(35)34(23(15-36-2)22-5-3-4-10-31-22)14-20-8-7-19(13-32-20)26(27,28)29/h3-13,23H,14-15H2,1-2H3,(H2,30,33). The van der Waals surface area contributed by atoms with Gasteiger partial charge in [-0.05, 0) is 61.0 Å². The van der Waals surface area contributed by atoms with Crippen molar-refractivity contribution in [2.45, 2.75) is 25.7 Å². The van der Waals surface area contributed by atoms with E-state index in [4.69, 9.17) is 10.5 Å². The van der Waals surface area contributed by atoms with Crippen LogP contribution in [0.2, 0.25) is 0 Å².